The molecule has 2 atom stereocenters. The van der Waals surface area contributed by atoms with Gasteiger partial charge >= 0.3 is 5.97 Å². The average molecular weight is 342 g/mol. The molecule has 3 aromatic rings. The lowest BCUT2D eigenvalue weighted by Gasteiger charge is -2.19. The zero-order valence-corrected chi connectivity index (χ0v) is 13.8. The van der Waals surface area contributed by atoms with Crippen LogP contribution in [0.2, 0.25) is 0 Å². The molecule has 0 saturated carbocycles. The molecule has 130 valence electrons. The lowest BCUT2D eigenvalue weighted by Crippen LogP contribution is -2.45. The number of benzene rings is 1. The SMILES string of the molecule is CCC(C)C(NC(=O)c1cnn2c1[nH]c(=O)c1ccccc12)C(=O)O. The fourth-order valence-electron chi connectivity index (χ4n) is 2.74. The van der Waals surface area contributed by atoms with E-state index in [0.717, 1.165) is 0 Å². The van der Waals surface area contributed by atoms with E-state index < -0.39 is 17.9 Å². The molecule has 3 N–H and O–H groups in total. The molecule has 8 nitrogen and oxygen atoms in total. The molecule has 25 heavy (non-hydrogen) atoms. The number of carbonyl (C=O) groups is 2. The largest absolute Gasteiger partial charge is 0.480 e. The predicted molar refractivity (Wildman–Crippen MR) is 91.7 cm³/mol. The van der Waals surface area contributed by atoms with Crippen molar-refractivity contribution in [2.75, 3.05) is 0 Å². The summed E-state index contributed by atoms with van der Waals surface area (Å²) in [6, 6.07) is 5.89. The van der Waals surface area contributed by atoms with E-state index in [4.69, 9.17) is 0 Å². The number of para-hydroxylation sites is 1. The second-order valence-electron chi connectivity index (χ2n) is 5.96. The average Bonchev–Trinajstić information content (AvgIpc) is 3.02. The van der Waals surface area contributed by atoms with Crippen molar-refractivity contribution >= 4 is 28.4 Å². The van der Waals surface area contributed by atoms with Crippen molar-refractivity contribution in [1.29, 1.82) is 0 Å². The Labute approximate surface area is 142 Å². The van der Waals surface area contributed by atoms with Gasteiger partial charge in [0.1, 0.15) is 17.3 Å². The molecule has 1 amide bonds. The molecule has 2 aromatic heterocycles. The number of carbonyl (C=O) groups excluding carboxylic acids is 1. The number of rotatable bonds is 5. The van der Waals surface area contributed by atoms with Crippen molar-refractivity contribution in [3.63, 3.8) is 0 Å². The topological polar surface area (TPSA) is 117 Å². The standard InChI is InChI=1S/C17H18N4O4/c1-3-9(2)13(17(24)25)19-16(23)11-8-18-21-12-7-5-4-6-10(12)15(22)20-14(11)21/h4-9,13H,3H2,1-2H3,(H,19,23)(H,20,22)(H,24,25). The molecular formula is C17H18N4O4. The van der Waals surface area contributed by atoms with Gasteiger partial charge in [-0.25, -0.2) is 9.31 Å². The van der Waals surface area contributed by atoms with Gasteiger partial charge in [-0.1, -0.05) is 32.4 Å². The van der Waals surface area contributed by atoms with Crippen molar-refractivity contribution in [2.45, 2.75) is 26.3 Å². The van der Waals surface area contributed by atoms with Crippen LogP contribution in [0, 0.1) is 5.92 Å². The highest BCUT2D eigenvalue weighted by Gasteiger charge is 2.27. The van der Waals surface area contributed by atoms with E-state index in [9.17, 15) is 19.5 Å². The fourth-order valence-corrected chi connectivity index (χ4v) is 2.74. The van der Waals surface area contributed by atoms with Crippen LogP contribution in [0.1, 0.15) is 30.6 Å². The number of carboxylic acids is 1. The number of nitrogens with zero attached hydrogens (tertiary/aromatic N) is 2. The lowest BCUT2D eigenvalue weighted by molar-refractivity contribution is -0.140. The second-order valence-corrected chi connectivity index (χ2v) is 5.96. The highest BCUT2D eigenvalue weighted by molar-refractivity contribution is 6.02. The van der Waals surface area contributed by atoms with Crippen LogP contribution in [0.5, 0.6) is 0 Å². The summed E-state index contributed by atoms with van der Waals surface area (Å²) in [5, 5.41) is 16.5. The van der Waals surface area contributed by atoms with Gasteiger partial charge in [0.05, 0.1) is 17.1 Å². The highest BCUT2D eigenvalue weighted by Crippen LogP contribution is 2.15. The van der Waals surface area contributed by atoms with Gasteiger partial charge in [-0.3, -0.25) is 9.59 Å². The van der Waals surface area contributed by atoms with Gasteiger partial charge in [0, 0.05) is 0 Å². The van der Waals surface area contributed by atoms with Crippen LogP contribution in [0.15, 0.2) is 35.3 Å². The third-order valence-electron chi connectivity index (χ3n) is 4.39. The molecule has 0 aliphatic carbocycles. The molecule has 8 heteroatoms. The van der Waals surface area contributed by atoms with Gasteiger partial charge in [0.2, 0.25) is 0 Å². The Morgan fingerprint density at radius 2 is 2.08 bits per heavy atom. The van der Waals surface area contributed by atoms with Gasteiger partial charge in [-0.15, -0.1) is 0 Å². The summed E-state index contributed by atoms with van der Waals surface area (Å²) >= 11 is 0. The Bertz CT molecular complexity index is 1020. The first-order valence-corrected chi connectivity index (χ1v) is 7.96. The van der Waals surface area contributed by atoms with E-state index >= 15 is 0 Å². The minimum absolute atomic E-state index is 0.123. The van der Waals surface area contributed by atoms with Crippen LogP contribution in [-0.2, 0) is 4.79 Å². The molecule has 2 unspecified atom stereocenters. The van der Waals surface area contributed by atoms with E-state index in [2.05, 4.69) is 15.4 Å². The van der Waals surface area contributed by atoms with E-state index in [0.29, 0.717) is 17.3 Å². The van der Waals surface area contributed by atoms with Crippen LogP contribution in [0.25, 0.3) is 16.6 Å². The normalized spacial score (nSPS) is 13.7. The molecular weight excluding hydrogens is 324 g/mol. The zero-order chi connectivity index (χ0) is 18.1. The van der Waals surface area contributed by atoms with Gasteiger partial charge in [0.25, 0.3) is 11.5 Å². The van der Waals surface area contributed by atoms with Gasteiger partial charge in [0.15, 0.2) is 0 Å². The van der Waals surface area contributed by atoms with Crippen molar-refractivity contribution in [3.8, 4) is 0 Å². The minimum atomic E-state index is -1.10. The van der Waals surface area contributed by atoms with Gasteiger partial charge < -0.3 is 15.4 Å². The molecule has 1 aromatic carbocycles. The van der Waals surface area contributed by atoms with E-state index in [1.165, 1.54) is 10.7 Å². The first-order chi connectivity index (χ1) is 11.9. The monoisotopic (exact) mass is 342 g/mol. The van der Waals surface area contributed by atoms with Crippen LogP contribution in [0.4, 0.5) is 0 Å². The Hall–Kier alpha value is -3.16. The number of H-pyrrole nitrogens is 1. The number of carboxylic acid groups (broad SMARTS) is 1. The third kappa shape index (κ3) is 2.86. The summed E-state index contributed by atoms with van der Waals surface area (Å²) in [6.07, 6.45) is 1.93. The van der Waals surface area contributed by atoms with Gasteiger partial charge in [-0.05, 0) is 18.1 Å². The molecule has 0 aliphatic heterocycles. The van der Waals surface area contributed by atoms with E-state index in [-0.39, 0.29) is 22.7 Å². The maximum Gasteiger partial charge on any atom is 0.326 e. The number of hydrogen-bond donors (Lipinski definition) is 3. The molecule has 0 radical (unpaired) electrons. The van der Waals surface area contributed by atoms with Gasteiger partial charge in [-0.2, -0.15) is 5.10 Å². The second kappa shape index (κ2) is 6.39. The number of aromatic amines is 1. The van der Waals surface area contributed by atoms with Crippen LogP contribution in [0.3, 0.4) is 0 Å². The van der Waals surface area contributed by atoms with E-state index in [1.54, 1.807) is 31.2 Å². The Morgan fingerprint density at radius 3 is 2.76 bits per heavy atom. The predicted octanol–water partition coefficient (Wildman–Crippen LogP) is 1.40. The van der Waals surface area contributed by atoms with Crippen LogP contribution >= 0.6 is 0 Å². The van der Waals surface area contributed by atoms with E-state index in [1.807, 2.05) is 6.92 Å². The summed E-state index contributed by atoms with van der Waals surface area (Å²) in [5.74, 6) is -1.92. The van der Waals surface area contributed by atoms with Crippen LogP contribution in [-0.4, -0.2) is 37.6 Å². The molecule has 0 spiro atoms. The van der Waals surface area contributed by atoms with Crippen molar-refractivity contribution in [3.05, 3.63) is 46.4 Å². The molecule has 0 bridgehead atoms. The third-order valence-corrected chi connectivity index (χ3v) is 4.39. The summed E-state index contributed by atoms with van der Waals surface area (Å²) < 4.78 is 1.46. The Morgan fingerprint density at radius 1 is 1.36 bits per heavy atom. The summed E-state index contributed by atoms with van der Waals surface area (Å²) in [7, 11) is 0. The molecule has 0 fully saturated rings. The maximum atomic E-state index is 12.6. The highest BCUT2D eigenvalue weighted by atomic mass is 16.4. The maximum absolute atomic E-state index is 12.6. The first kappa shape index (κ1) is 16.7. The molecule has 2 heterocycles. The number of fused-ring (bicyclic) bond motifs is 3. The Balaban J connectivity index is 2.06. The summed E-state index contributed by atoms with van der Waals surface area (Å²) in [5.41, 5.74) is 0.582. The smallest absolute Gasteiger partial charge is 0.326 e. The minimum Gasteiger partial charge on any atom is -0.480 e. The van der Waals surface area contributed by atoms with Crippen molar-refractivity contribution < 1.29 is 14.7 Å². The first-order valence-electron chi connectivity index (χ1n) is 7.96. The molecule has 3 rings (SSSR count). The molecule has 0 saturated heterocycles. The lowest BCUT2D eigenvalue weighted by atomic mass is 9.99. The number of aromatic nitrogens is 3. The van der Waals surface area contributed by atoms with Crippen LogP contribution < -0.4 is 10.9 Å². The van der Waals surface area contributed by atoms with Crippen molar-refractivity contribution in [1.82, 2.24) is 19.9 Å². The molecule has 0 aliphatic rings. The fraction of sp³-hybridized carbons (Fsp3) is 0.294. The number of aliphatic carboxylic acids is 1. The number of amides is 1. The summed E-state index contributed by atoms with van der Waals surface area (Å²) in [4.78, 5) is 38.8. The summed E-state index contributed by atoms with van der Waals surface area (Å²) in [6.45, 7) is 3.61. The Kier molecular flexibility index (Phi) is 4.26. The van der Waals surface area contributed by atoms with Crippen molar-refractivity contribution in [2.24, 2.45) is 5.92 Å². The quantitative estimate of drug-likeness (QED) is 0.648. The number of hydrogen-bond acceptors (Lipinski definition) is 4. The zero-order valence-electron chi connectivity index (χ0n) is 13.8. The number of nitrogens with one attached hydrogen (secondary N) is 2.